The minimum absolute atomic E-state index is 0.187. The number of rotatable bonds is 8. The summed E-state index contributed by atoms with van der Waals surface area (Å²) in [6.07, 6.45) is 7.79. The van der Waals surface area contributed by atoms with Crippen molar-refractivity contribution >= 4 is 17.7 Å². The maximum atomic E-state index is 12.4. The third-order valence-corrected chi connectivity index (χ3v) is 5.37. The molecule has 3 rings (SSSR count). The standard InChI is InChI=1S/C18H25N5O2S/c1-25-13-5-12-23-17(15-6-8-19-9-7-15)20-21-18(23)26-14-16(24)22-10-3-2-4-11-22/h6-9H,2-5,10-14H2,1H3. The fraction of sp³-hybridized carbons (Fsp3) is 0.556. The Labute approximate surface area is 158 Å². The first kappa shape index (κ1) is 18.8. The van der Waals surface area contributed by atoms with E-state index >= 15 is 0 Å². The zero-order valence-corrected chi connectivity index (χ0v) is 16.0. The lowest BCUT2D eigenvalue weighted by Gasteiger charge is -2.26. The predicted molar refractivity (Wildman–Crippen MR) is 101 cm³/mol. The van der Waals surface area contributed by atoms with Crippen molar-refractivity contribution in [2.45, 2.75) is 37.4 Å². The lowest BCUT2D eigenvalue weighted by atomic mass is 10.1. The van der Waals surface area contributed by atoms with Crippen molar-refractivity contribution in [1.29, 1.82) is 0 Å². The zero-order chi connectivity index (χ0) is 18.2. The van der Waals surface area contributed by atoms with E-state index < -0.39 is 0 Å². The summed E-state index contributed by atoms with van der Waals surface area (Å²) in [6.45, 7) is 3.17. The number of hydrogen-bond donors (Lipinski definition) is 0. The molecule has 0 bridgehead atoms. The average molecular weight is 375 g/mol. The van der Waals surface area contributed by atoms with Crippen molar-refractivity contribution in [2.75, 3.05) is 32.6 Å². The maximum absolute atomic E-state index is 12.4. The number of carbonyl (C=O) groups excluding carboxylic acids is 1. The van der Waals surface area contributed by atoms with Crippen molar-refractivity contribution in [3.63, 3.8) is 0 Å². The zero-order valence-electron chi connectivity index (χ0n) is 15.1. The van der Waals surface area contributed by atoms with E-state index in [0.717, 1.165) is 55.4 Å². The second-order valence-electron chi connectivity index (χ2n) is 6.27. The van der Waals surface area contributed by atoms with E-state index in [1.54, 1.807) is 19.5 Å². The Kier molecular flexibility index (Phi) is 7.02. The van der Waals surface area contributed by atoms with Crippen LogP contribution in [0.3, 0.4) is 0 Å². The van der Waals surface area contributed by atoms with Gasteiger partial charge in [0.15, 0.2) is 11.0 Å². The average Bonchev–Trinajstić information content (AvgIpc) is 3.10. The van der Waals surface area contributed by atoms with Crippen molar-refractivity contribution in [1.82, 2.24) is 24.6 Å². The molecule has 2 aromatic heterocycles. The van der Waals surface area contributed by atoms with Gasteiger partial charge in [-0.05, 0) is 37.8 Å². The summed E-state index contributed by atoms with van der Waals surface area (Å²) in [5, 5.41) is 9.46. The van der Waals surface area contributed by atoms with Gasteiger partial charge in [-0.2, -0.15) is 0 Å². The van der Waals surface area contributed by atoms with Crippen molar-refractivity contribution < 1.29 is 9.53 Å². The Morgan fingerprint density at radius 2 is 1.96 bits per heavy atom. The van der Waals surface area contributed by atoms with Gasteiger partial charge in [0.1, 0.15) is 0 Å². The minimum atomic E-state index is 0.187. The highest BCUT2D eigenvalue weighted by Gasteiger charge is 2.19. The fourth-order valence-corrected chi connectivity index (χ4v) is 3.91. The van der Waals surface area contributed by atoms with Crippen LogP contribution >= 0.6 is 11.8 Å². The Hall–Kier alpha value is -1.93. The normalized spacial score (nSPS) is 14.6. The third-order valence-electron chi connectivity index (χ3n) is 4.42. The van der Waals surface area contributed by atoms with E-state index in [4.69, 9.17) is 4.74 Å². The molecule has 8 heteroatoms. The van der Waals surface area contributed by atoms with Crippen LogP contribution in [0, 0.1) is 0 Å². The summed E-state index contributed by atoms with van der Waals surface area (Å²) in [4.78, 5) is 18.5. The molecule has 2 aromatic rings. The van der Waals surface area contributed by atoms with Crippen molar-refractivity contribution in [3.05, 3.63) is 24.5 Å². The number of likely N-dealkylation sites (tertiary alicyclic amines) is 1. The van der Waals surface area contributed by atoms with Crippen LogP contribution < -0.4 is 0 Å². The fourth-order valence-electron chi connectivity index (χ4n) is 3.04. The van der Waals surface area contributed by atoms with Crippen LogP contribution in [0.1, 0.15) is 25.7 Å². The smallest absolute Gasteiger partial charge is 0.233 e. The summed E-state index contributed by atoms with van der Waals surface area (Å²) in [5.41, 5.74) is 0.971. The van der Waals surface area contributed by atoms with E-state index in [2.05, 4.69) is 19.7 Å². The highest BCUT2D eigenvalue weighted by atomic mass is 32.2. The molecule has 0 spiro atoms. The van der Waals surface area contributed by atoms with Crippen LogP contribution in [0.4, 0.5) is 0 Å². The predicted octanol–water partition coefficient (Wildman–Crippen LogP) is 2.48. The van der Waals surface area contributed by atoms with Gasteiger partial charge in [-0.3, -0.25) is 9.78 Å². The maximum Gasteiger partial charge on any atom is 0.233 e. The second-order valence-corrected chi connectivity index (χ2v) is 7.21. The molecular weight excluding hydrogens is 350 g/mol. The number of carbonyl (C=O) groups is 1. The molecule has 26 heavy (non-hydrogen) atoms. The van der Waals surface area contributed by atoms with Crippen LogP contribution in [0.2, 0.25) is 0 Å². The summed E-state index contributed by atoms with van der Waals surface area (Å²) in [7, 11) is 1.70. The van der Waals surface area contributed by atoms with Crippen LogP contribution in [0.25, 0.3) is 11.4 Å². The molecule has 1 fully saturated rings. The summed E-state index contributed by atoms with van der Waals surface area (Å²) in [5.74, 6) is 1.39. The van der Waals surface area contributed by atoms with Gasteiger partial charge in [0.2, 0.25) is 5.91 Å². The molecule has 3 heterocycles. The monoisotopic (exact) mass is 375 g/mol. The molecule has 0 aliphatic carbocycles. The van der Waals surface area contributed by atoms with E-state index in [-0.39, 0.29) is 5.91 Å². The first-order chi connectivity index (χ1) is 12.8. The Morgan fingerprint density at radius 1 is 1.19 bits per heavy atom. The number of ether oxygens (including phenoxy) is 1. The van der Waals surface area contributed by atoms with Gasteiger partial charge in [-0.15, -0.1) is 10.2 Å². The first-order valence-corrected chi connectivity index (χ1v) is 10.0. The highest BCUT2D eigenvalue weighted by molar-refractivity contribution is 7.99. The molecule has 0 atom stereocenters. The molecule has 140 valence electrons. The molecular formula is C18H25N5O2S. The molecule has 1 amide bonds. The number of methoxy groups -OCH3 is 1. The van der Waals surface area contributed by atoms with Crippen LogP contribution in [0.15, 0.2) is 29.7 Å². The summed E-state index contributed by atoms with van der Waals surface area (Å²) in [6, 6.07) is 3.84. The highest BCUT2D eigenvalue weighted by Crippen LogP contribution is 2.24. The SMILES string of the molecule is COCCCn1c(SCC(=O)N2CCCCC2)nnc1-c1ccncc1. The lowest BCUT2D eigenvalue weighted by molar-refractivity contribution is -0.129. The molecule has 1 aliphatic rings. The molecule has 1 aliphatic heterocycles. The Morgan fingerprint density at radius 3 is 2.69 bits per heavy atom. The van der Waals surface area contributed by atoms with E-state index in [0.29, 0.717) is 12.4 Å². The number of hydrogen-bond acceptors (Lipinski definition) is 6. The van der Waals surface area contributed by atoms with Crippen molar-refractivity contribution in [3.8, 4) is 11.4 Å². The molecule has 0 N–H and O–H groups in total. The topological polar surface area (TPSA) is 73.1 Å². The molecule has 0 unspecified atom stereocenters. The Balaban J connectivity index is 1.71. The van der Waals surface area contributed by atoms with Gasteiger partial charge < -0.3 is 14.2 Å². The van der Waals surface area contributed by atoms with Gasteiger partial charge in [0.25, 0.3) is 0 Å². The van der Waals surface area contributed by atoms with Gasteiger partial charge in [0, 0.05) is 51.3 Å². The van der Waals surface area contributed by atoms with Gasteiger partial charge >= 0.3 is 0 Å². The van der Waals surface area contributed by atoms with E-state index in [9.17, 15) is 4.79 Å². The van der Waals surface area contributed by atoms with Crippen LogP contribution in [-0.2, 0) is 16.1 Å². The van der Waals surface area contributed by atoms with Gasteiger partial charge in [0.05, 0.1) is 5.75 Å². The minimum Gasteiger partial charge on any atom is -0.385 e. The molecule has 0 radical (unpaired) electrons. The molecule has 0 aromatic carbocycles. The number of thioether (sulfide) groups is 1. The number of pyridine rings is 1. The second kappa shape index (κ2) is 9.68. The third kappa shape index (κ3) is 4.82. The van der Waals surface area contributed by atoms with E-state index in [1.807, 2.05) is 17.0 Å². The lowest BCUT2D eigenvalue weighted by Crippen LogP contribution is -2.36. The summed E-state index contributed by atoms with van der Waals surface area (Å²) >= 11 is 1.46. The number of aromatic nitrogens is 4. The summed E-state index contributed by atoms with van der Waals surface area (Å²) < 4.78 is 7.24. The van der Waals surface area contributed by atoms with Crippen molar-refractivity contribution in [2.24, 2.45) is 0 Å². The van der Waals surface area contributed by atoms with Crippen LogP contribution in [-0.4, -0.2) is 63.1 Å². The first-order valence-electron chi connectivity index (χ1n) is 9.02. The molecule has 0 saturated carbocycles. The number of nitrogens with zero attached hydrogens (tertiary/aromatic N) is 5. The van der Waals surface area contributed by atoms with Crippen LogP contribution in [0.5, 0.6) is 0 Å². The largest absolute Gasteiger partial charge is 0.385 e. The molecule has 7 nitrogen and oxygen atoms in total. The van der Waals surface area contributed by atoms with Gasteiger partial charge in [-0.1, -0.05) is 11.8 Å². The van der Waals surface area contributed by atoms with E-state index in [1.165, 1.54) is 18.2 Å². The van der Waals surface area contributed by atoms with Gasteiger partial charge in [-0.25, -0.2) is 0 Å². The quantitative estimate of drug-likeness (QED) is 0.521. The molecule has 1 saturated heterocycles. The number of piperidine rings is 1. The Bertz CT molecular complexity index is 701. The number of amides is 1.